The van der Waals surface area contributed by atoms with Gasteiger partial charge in [-0.1, -0.05) is 347 Å². The number of carbonyl (C=O) groups is 3. The van der Waals surface area contributed by atoms with Crippen molar-refractivity contribution in [3.63, 3.8) is 0 Å². The molecule has 6 heteroatoms. The molecule has 6 nitrogen and oxygen atoms in total. The molecule has 0 aliphatic carbocycles. The van der Waals surface area contributed by atoms with E-state index in [1.165, 1.54) is 315 Å². The van der Waals surface area contributed by atoms with Crippen molar-refractivity contribution in [1.29, 1.82) is 0 Å². The van der Waals surface area contributed by atoms with E-state index in [0.29, 0.717) is 19.3 Å². The van der Waals surface area contributed by atoms with Crippen LogP contribution < -0.4 is 0 Å². The third kappa shape index (κ3) is 66.7. The Balaban J connectivity index is 4.08. The molecule has 0 bridgehead atoms. The van der Waals surface area contributed by atoms with Crippen molar-refractivity contribution in [2.75, 3.05) is 13.2 Å². The van der Waals surface area contributed by atoms with Gasteiger partial charge in [0.15, 0.2) is 6.10 Å². The summed E-state index contributed by atoms with van der Waals surface area (Å²) in [5.74, 6) is -0.839. The molecule has 0 aromatic rings. The van der Waals surface area contributed by atoms with Gasteiger partial charge in [0.25, 0.3) is 0 Å². The van der Waals surface area contributed by atoms with E-state index in [-0.39, 0.29) is 31.1 Å². The van der Waals surface area contributed by atoms with Crippen LogP contribution in [-0.2, 0) is 28.6 Å². The molecule has 0 amide bonds. The molecule has 0 aliphatic rings. The molecule has 0 saturated carbocycles. The average molecular weight is 1130 g/mol. The molecule has 0 N–H and O–H groups in total. The molecule has 0 fully saturated rings. The second kappa shape index (κ2) is 69.4. The lowest BCUT2D eigenvalue weighted by molar-refractivity contribution is -0.167. The first-order valence-corrected chi connectivity index (χ1v) is 36.3. The zero-order valence-corrected chi connectivity index (χ0v) is 54.4. The zero-order chi connectivity index (χ0) is 57.8. The van der Waals surface area contributed by atoms with E-state index in [9.17, 15) is 14.4 Å². The van der Waals surface area contributed by atoms with Crippen LogP contribution in [0.2, 0.25) is 0 Å². The molecule has 0 saturated heterocycles. The maximum absolute atomic E-state index is 12.9. The largest absolute Gasteiger partial charge is 0.462 e. The van der Waals surface area contributed by atoms with Crippen molar-refractivity contribution in [1.82, 2.24) is 0 Å². The molecule has 0 aromatic carbocycles. The summed E-state index contributed by atoms with van der Waals surface area (Å²) in [6, 6.07) is 0. The number of esters is 3. The summed E-state index contributed by atoms with van der Waals surface area (Å²) in [7, 11) is 0. The molecule has 0 aliphatic heterocycles. The fourth-order valence-electron chi connectivity index (χ4n) is 11.2. The van der Waals surface area contributed by atoms with Crippen molar-refractivity contribution in [2.24, 2.45) is 0 Å². The lowest BCUT2D eigenvalue weighted by atomic mass is 10.0. The normalized spacial score (nSPS) is 12.1. The van der Waals surface area contributed by atoms with Gasteiger partial charge in [-0.15, -0.1) is 0 Å². The number of rotatable bonds is 68. The van der Waals surface area contributed by atoms with Crippen LogP contribution in [0.3, 0.4) is 0 Å². The van der Waals surface area contributed by atoms with Crippen LogP contribution in [0.15, 0.2) is 24.3 Å². The van der Waals surface area contributed by atoms with Crippen molar-refractivity contribution < 1.29 is 28.6 Å². The van der Waals surface area contributed by atoms with Gasteiger partial charge >= 0.3 is 17.9 Å². The zero-order valence-electron chi connectivity index (χ0n) is 54.4. The summed E-state index contributed by atoms with van der Waals surface area (Å²) in [6.45, 7) is 6.70. The number of carbonyl (C=O) groups excluding carboxylic acids is 3. The first-order valence-electron chi connectivity index (χ1n) is 36.3. The first kappa shape index (κ1) is 77.9. The Kier molecular flexibility index (Phi) is 67.6. The van der Waals surface area contributed by atoms with E-state index in [0.717, 1.165) is 57.8 Å². The van der Waals surface area contributed by atoms with Gasteiger partial charge in [0.05, 0.1) is 0 Å². The van der Waals surface area contributed by atoms with Crippen LogP contribution in [0.25, 0.3) is 0 Å². The maximum atomic E-state index is 12.9. The predicted octanol–water partition coefficient (Wildman–Crippen LogP) is 25.0. The molecule has 1 unspecified atom stereocenters. The highest BCUT2D eigenvalue weighted by Crippen LogP contribution is 2.19. The molecule has 80 heavy (non-hydrogen) atoms. The first-order chi connectivity index (χ1) is 39.5. The van der Waals surface area contributed by atoms with Gasteiger partial charge in [-0.25, -0.2) is 0 Å². The Morgan fingerprint density at radius 3 is 0.625 bits per heavy atom. The lowest BCUT2D eigenvalue weighted by Gasteiger charge is -2.18. The smallest absolute Gasteiger partial charge is 0.306 e. The maximum Gasteiger partial charge on any atom is 0.306 e. The van der Waals surface area contributed by atoms with Gasteiger partial charge < -0.3 is 14.2 Å². The Labute approximate surface area is 500 Å². The Hall–Kier alpha value is -2.11. The number of hydrogen-bond acceptors (Lipinski definition) is 6. The molecule has 1 atom stereocenters. The van der Waals surface area contributed by atoms with Gasteiger partial charge in [0.1, 0.15) is 13.2 Å². The minimum absolute atomic E-state index is 0.0657. The second-order valence-corrected chi connectivity index (χ2v) is 24.9. The van der Waals surface area contributed by atoms with Gasteiger partial charge in [-0.3, -0.25) is 14.4 Å². The second-order valence-electron chi connectivity index (χ2n) is 24.9. The Bertz CT molecular complexity index is 1290. The summed E-state index contributed by atoms with van der Waals surface area (Å²) in [5, 5.41) is 0. The minimum Gasteiger partial charge on any atom is -0.462 e. The molecular weight excluding hydrogens is 985 g/mol. The molecule has 0 heterocycles. The third-order valence-corrected chi connectivity index (χ3v) is 16.7. The van der Waals surface area contributed by atoms with Crippen LogP contribution in [0, 0.1) is 0 Å². The summed E-state index contributed by atoms with van der Waals surface area (Å²) in [5.41, 5.74) is 0. The molecule has 0 radical (unpaired) electrons. The van der Waals surface area contributed by atoms with E-state index in [1.54, 1.807) is 0 Å². The molecule has 472 valence electrons. The summed E-state index contributed by atoms with van der Waals surface area (Å²) in [6.07, 6.45) is 85.2. The topological polar surface area (TPSA) is 78.9 Å². The highest BCUT2D eigenvalue weighted by molar-refractivity contribution is 5.71. The minimum atomic E-state index is -0.768. The standard InChI is InChI=1S/C74H140O6/c1-4-7-10-13-16-19-22-24-26-28-30-32-33-34-35-36-37-38-39-40-41-43-44-46-48-50-52-55-58-61-64-67-73(76)79-70-71(69-78-72(75)66-63-60-57-54-21-18-15-12-9-6-3)80-74(77)68-65-62-59-56-53-51-49-47-45-42-31-29-27-25-23-20-17-14-11-8-5-2/h28-31,71H,4-27,32-70H2,1-3H3/b30-28-,31-29-. The van der Waals surface area contributed by atoms with Crippen LogP contribution in [0.5, 0.6) is 0 Å². The van der Waals surface area contributed by atoms with E-state index in [2.05, 4.69) is 45.1 Å². The fourth-order valence-corrected chi connectivity index (χ4v) is 11.2. The van der Waals surface area contributed by atoms with Gasteiger partial charge in [-0.2, -0.15) is 0 Å². The highest BCUT2D eigenvalue weighted by atomic mass is 16.6. The van der Waals surface area contributed by atoms with E-state index in [4.69, 9.17) is 14.2 Å². The Morgan fingerprint density at radius 1 is 0.237 bits per heavy atom. The van der Waals surface area contributed by atoms with Gasteiger partial charge in [-0.05, 0) is 70.6 Å². The van der Waals surface area contributed by atoms with Crippen molar-refractivity contribution in [2.45, 2.75) is 419 Å². The van der Waals surface area contributed by atoms with E-state index >= 15 is 0 Å². The molecule has 0 rings (SSSR count). The molecular formula is C74H140O6. The number of ether oxygens (including phenoxy) is 3. The number of allylic oxidation sites excluding steroid dienone is 4. The Morgan fingerprint density at radius 2 is 0.412 bits per heavy atom. The lowest BCUT2D eigenvalue weighted by Crippen LogP contribution is -2.30. The summed E-state index contributed by atoms with van der Waals surface area (Å²) >= 11 is 0. The monoisotopic (exact) mass is 1130 g/mol. The number of hydrogen-bond donors (Lipinski definition) is 0. The van der Waals surface area contributed by atoms with Crippen molar-refractivity contribution in [3.05, 3.63) is 24.3 Å². The summed E-state index contributed by atoms with van der Waals surface area (Å²) in [4.78, 5) is 38.3. The fraction of sp³-hybridized carbons (Fsp3) is 0.905. The third-order valence-electron chi connectivity index (χ3n) is 16.7. The SMILES string of the molecule is CCCCCCCCCC/C=C\CCCCCCCCCCCCCCCCCCCCCC(=O)OCC(COC(=O)CCCCCCCCCCCC)OC(=O)CCCCCCCCCCC/C=C\CCCCCCCCCC. The predicted molar refractivity (Wildman–Crippen MR) is 349 cm³/mol. The van der Waals surface area contributed by atoms with Crippen molar-refractivity contribution in [3.8, 4) is 0 Å². The van der Waals surface area contributed by atoms with Gasteiger partial charge in [0.2, 0.25) is 0 Å². The van der Waals surface area contributed by atoms with Gasteiger partial charge in [0, 0.05) is 19.3 Å². The van der Waals surface area contributed by atoms with E-state index < -0.39 is 6.10 Å². The van der Waals surface area contributed by atoms with Crippen LogP contribution in [-0.4, -0.2) is 37.2 Å². The molecule has 0 spiro atoms. The highest BCUT2D eigenvalue weighted by Gasteiger charge is 2.19. The van der Waals surface area contributed by atoms with Crippen molar-refractivity contribution >= 4 is 17.9 Å². The summed E-state index contributed by atoms with van der Waals surface area (Å²) < 4.78 is 17.0. The van der Waals surface area contributed by atoms with E-state index in [1.807, 2.05) is 0 Å². The molecule has 0 aromatic heterocycles. The number of unbranched alkanes of at least 4 members (excludes halogenated alkanes) is 53. The van der Waals surface area contributed by atoms with Crippen LogP contribution >= 0.6 is 0 Å². The van der Waals surface area contributed by atoms with Crippen LogP contribution in [0.4, 0.5) is 0 Å². The van der Waals surface area contributed by atoms with Crippen LogP contribution in [0.1, 0.15) is 412 Å². The average Bonchev–Trinajstić information content (AvgIpc) is 3.46. The quantitative estimate of drug-likeness (QED) is 0.0261.